The van der Waals surface area contributed by atoms with E-state index in [1.807, 2.05) is 35.0 Å². The van der Waals surface area contributed by atoms with Crippen LogP contribution in [0, 0.1) is 0 Å². The van der Waals surface area contributed by atoms with Crippen molar-refractivity contribution in [3.63, 3.8) is 0 Å². The van der Waals surface area contributed by atoms with Crippen molar-refractivity contribution in [1.29, 1.82) is 0 Å². The minimum Gasteiger partial charge on any atom is -0.497 e. The van der Waals surface area contributed by atoms with Crippen molar-refractivity contribution in [3.05, 3.63) is 41.6 Å². The number of benzene rings is 1. The van der Waals surface area contributed by atoms with Crippen LogP contribution >= 0.6 is 0 Å². The van der Waals surface area contributed by atoms with Crippen molar-refractivity contribution in [3.8, 4) is 5.75 Å². The predicted molar refractivity (Wildman–Crippen MR) is 87.7 cm³/mol. The predicted octanol–water partition coefficient (Wildman–Crippen LogP) is 2.90. The molecule has 0 bridgehead atoms. The Labute approximate surface area is 135 Å². The summed E-state index contributed by atoms with van der Waals surface area (Å²) in [6.07, 6.45) is 5.16. The quantitative estimate of drug-likeness (QED) is 0.944. The number of anilines is 1. The van der Waals surface area contributed by atoms with Gasteiger partial charge >= 0.3 is 0 Å². The zero-order valence-electron chi connectivity index (χ0n) is 13.3. The molecule has 0 unspecified atom stereocenters. The van der Waals surface area contributed by atoms with Crippen LogP contribution in [0.5, 0.6) is 5.75 Å². The van der Waals surface area contributed by atoms with Crippen molar-refractivity contribution in [2.45, 2.75) is 44.1 Å². The summed E-state index contributed by atoms with van der Waals surface area (Å²) in [5.74, 6) is 1.52. The molecule has 4 rings (SSSR count). The van der Waals surface area contributed by atoms with Crippen LogP contribution in [0.4, 0.5) is 5.82 Å². The Balaban J connectivity index is 1.55. The van der Waals surface area contributed by atoms with Gasteiger partial charge in [0, 0.05) is 18.3 Å². The van der Waals surface area contributed by atoms with Gasteiger partial charge < -0.3 is 10.1 Å². The molecule has 1 aliphatic carbocycles. The average Bonchev–Trinajstić information content (AvgIpc) is 3.30. The molecular weight excluding hydrogens is 290 g/mol. The number of nitrogens with zero attached hydrogens (tertiary/aromatic N) is 2. The van der Waals surface area contributed by atoms with Crippen LogP contribution in [-0.4, -0.2) is 22.8 Å². The van der Waals surface area contributed by atoms with Gasteiger partial charge in [-0.05, 0) is 49.8 Å². The van der Waals surface area contributed by atoms with Crippen molar-refractivity contribution in [2.24, 2.45) is 0 Å². The summed E-state index contributed by atoms with van der Waals surface area (Å²) in [6, 6.07) is 9.83. The van der Waals surface area contributed by atoms with E-state index in [9.17, 15) is 4.79 Å². The lowest BCUT2D eigenvalue weighted by Gasteiger charge is -2.15. The Bertz CT molecular complexity index is 723. The van der Waals surface area contributed by atoms with Crippen molar-refractivity contribution in [2.75, 3.05) is 12.4 Å². The molecule has 2 aliphatic rings. The maximum Gasteiger partial charge on any atom is 0.236 e. The molecule has 2 aromatic rings. The molecule has 0 saturated heterocycles. The summed E-state index contributed by atoms with van der Waals surface area (Å²) in [7, 11) is 1.65. The Morgan fingerprint density at radius 2 is 2.17 bits per heavy atom. The first-order valence-electron chi connectivity index (χ1n) is 8.24. The SMILES string of the molecule is COc1cccc(C2(C(=O)Nc3cc4n(n3)CCCC4)CC2)c1. The molecule has 5 heteroatoms. The Morgan fingerprint density at radius 3 is 2.91 bits per heavy atom. The number of nitrogens with one attached hydrogen (secondary N) is 1. The summed E-state index contributed by atoms with van der Waals surface area (Å²) in [5.41, 5.74) is 1.83. The average molecular weight is 311 g/mol. The van der Waals surface area contributed by atoms with Gasteiger partial charge in [-0.1, -0.05) is 12.1 Å². The minimum atomic E-state index is -0.418. The summed E-state index contributed by atoms with van der Waals surface area (Å²) in [5, 5.41) is 7.55. The number of hydrogen-bond acceptors (Lipinski definition) is 3. The van der Waals surface area contributed by atoms with Gasteiger partial charge in [0.05, 0.1) is 12.5 Å². The van der Waals surface area contributed by atoms with Crippen LogP contribution in [0.1, 0.15) is 36.9 Å². The highest BCUT2D eigenvalue weighted by atomic mass is 16.5. The number of aromatic nitrogens is 2. The van der Waals surface area contributed by atoms with Crippen LogP contribution in [0.25, 0.3) is 0 Å². The monoisotopic (exact) mass is 311 g/mol. The highest BCUT2D eigenvalue weighted by molar-refractivity contribution is 6.00. The lowest BCUT2D eigenvalue weighted by molar-refractivity contribution is -0.118. The molecule has 1 N–H and O–H groups in total. The number of carbonyl (C=O) groups excluding carboxylic acids is 1. The Morgan fingerprint density at radius 1 is 1.30 bits per heavy atom. The highest BCUT2D eigenvalue weighted by Crippen LogP contribution is 2.49. The highest BCUT2D eigenvalue weighted by Gasteiger charge is 2.51. The first-order valence-corrected chi connectivity index (χ1v) is 8.24. The minimum absolute atomic E-state index is 0.0428. The molecule has 1 aliphatic heterocycles. The molecule has 23 heavy (non-hydrogen) atoms. The normalized spacial score (nSPS) is 18.1. The number of carbonyl (C=O) groups is 1. The van der Waals surface area contributed by atoms with Gasteiger partial charge in [0.15, 0.2) is 5.82 Å². The zero-order valence-corrected chi connectivity index (χ0v) is 13.3. The number of aryl methyl sites for hydroxylation is 2. The second kappa shape index (κ2) is 5.41. The first-order chi connectivity index (χ1) is 11.2. The number of methoxy groups -OCH3 is 1. The van der Waals surface area contributed by atoms with E-state index < -0.39 is 5.41 Å². The molecular formula is C18H21N3O2. The maximum absolute atomic E-state index is 12.8. The molecule has 0 atom stereocenters. The fraction of sp³-hybridized carbons (Fsp3) is 0.444. The lowest BCUT2D eigenvalue weighted by atomic mass is 9.95. The second-order valence-corrected chi connectivity index (χ2v) is 6.47. The molecule has 5 nitrogen and oxygen atoms in total. The van der Waals surface area contributed by atoms with Gasteiger partial charge in [-0.15, -0.1) is 0 Å². The van der Waals surface area contributed by atoms with Crippen molar-refractivity contribution < 1.29 is 9.53 Å². The van der Waals surface area contributed by atoms with Crippen LogP contribution in [-0.2, 0) is 23.2 Å². The molecule has 0 radical (unpaired) electrons. The van der Waals surface area contributed by atoms with Crippen molar-refractivity contribution >= 4 is 11.7 Å². The molecule has 0 spiro atoms. The number of rotatable bonds is 4. The molecule has 120 valence electrons. The van der Waals surface area contributed by atoms with E-state index in [-0.39, 0.29) is 5.91 Å². The maximum atomic E-state index is 12.8. The van der Waals surface area contributed by atoms with Crippen LogP contribution in [0.3, 0.4) is 0 Å². The first kappa shape index (κ1) is 14.3. The topological polar surface area (TPSA) is 56.1 Å². The zero-order chi connectivity index (χ0) is 15.9. The van der Waals surface area contributed by atoms with Crippen molar-refractivity contribution in [1.82, 2.24) is 9.78 Å². The van der Waals surface area contributed by atoms with Crippen LogP contribution < -0.4 is 10.1 Å². The molecule has 2 heterocycles. The summed E-state index contributed by atoms with van der Waals surface area (Å²) >= 11 is 0. The second-order valence-electron chi connectivity index (χ2n) is 6.47. The molecule has 1 amide bonds. The van der Waals surface area contributed by atoms with E-state index in [4.69, 9.17) is 4.74 Å². The Kier molecular flexibility index (Phi) is 3.36. The number of fused-ring (bicyclic) bond motifs is 1. The van der Waals surface area contributed by atoms with Gasteiger partial charge in [0.1, 0.15) is 5.75 Å². The fourth-order valence-corrected chi connectivity index (χ4v) is 3.41. The van der Waals surface area contributed by atoms with E-state index >= 15 is 0 Å². The number of hydrogen-bond donors (Lipinski definition) is 1. The third-order valence-electron chi connectivity index (χ3n) is 4.96. The Hall–Kier alpha value is -2.30. The van der Waals surface area contributed by atoms with E-state index in [0.29, 0.717) is 5.82 Å². The van der Waals surface area contributed by atoms with Crippen LogP contribution in [0.2, 0.25) is 0 Å². The van der Waals surface area contributed by atoms with Crippen LogP contribution in [0.15, 0.2) is 30.3 Å². The standard InChI is InChI=1S/C18H21N3O2/c1-23-15-7-4-5-13(11-15)18(8-9-18)17(22)19-16-12-14-6-2-3-10-21(14)20-16/h4-5,7,11-12H,2-3,6,8-10H2,1H3,(H,19,20,22). The van der Waals surface area contributed by atoms with Gasteiger partial charge in [0.25, 0.3) is 0 Å². The number of amides is 1. The number of ether oxygens (including phenoxy) is 1. The summed E-state index contributed by atoms with van der Waals surface area (Å²) in [4.78, 5) is 12.8. The third kappa shape index (κ3) is 2.50. The fourth-order valence-electron chi connectivity index (χ4n) is 3.41. The van der Waals surface area contributed by atoms with E-state index in [0.717, 1.165) is 43.5 Å². The lowest BCUT2D eigenvalue weighted by Crippen LogP contribution is -2.28. The molecule has 1 aromatic heterocycles. The largest absolute Gasteiger partial charge is 0.497 e. The van der Waals surface area contributed by atoms with E-state index in [1.165, 1.54) is 12.1 Å². The third-order valence-corrected chi connectivity index (χ3v) is 4.96. The summed E-state index contributed by atoms with van der Waals surface area (Å²) in [6.45, 7) is 0.951. The molecule has 1 saturated carbocycles. The van der Waals surface area contributed by atoms with E-state index in [1.54, 1.807) is 7.11 Å². The summed E-state index contributed by atoms with van der Waals surface area (Å²) < 4.78 is 7.30. The van der Waals surface area contributed by atoms with Gasteiger partial charge in [0.2, 0.25) is 5.91 Å². The van der Waals surface area contributed by atoms with Gasteiger partial charge in [-0.25, -0.2) is 0 Å². The molecule has 1 aromatic carbocycles. The smallest absolute Gasteiger partial charge is 0.236 e. The van der Waals surface area contributed by atoms with E-state index in [2.05, 4.69) is 10.4 Å². The van der Waals surface area contributed by atoms with Gasteiger partial charge in [-0.3, -0.25) is 9.48 Å². The van der Waals surface area contributed by atoms with Gasteiger partial charge in [-0.2, -0.15) is 5.10 Å². The molecule has 1 fully saturated rings.